The van der Waals surface area contributed by atoms with Gasteiger partial charge in [0.2, 0.25) is 11.8 Å². The fourth-order valence-corrected chi connectivity index (χ4v) is 7.54. The van der Waals surface area contributed by atoms with Crippen molar-refractivity contribution in [3.63, 3.8) is 0 Å². The van der Waals surface area contributed by atoms with Crippen LogP contribution in [0.25, 0.3) is 0 Å². The first-order chi connectivity index (χ1) is 23.7. The number of benzene rings is 2. The van der Waals surface area contributed by atoms with Crippen LogP contribution in [0, 0.1) is 11.8 Å². The van der Waals surface area contributed by atoms with E-state index in [1.807, 2.05) is 6.07 Å². The van der Waals surface area contributed by atoms with Gasteiger partial charge in [-0.3, -0.25) is 19.2 Å². The van der Waals surface area contributed by atoms with Crippen LogP contribution in [0.1, 0.15) is 37.4 Å². The van der Waals surface area contributed by atoms with E-state index in [2.05, 4.69) is 18.5 Å². The highest BCUT2D eigenvalue weighted by molar-refractivity contribution is 6.04. The zero-order valence-electron chi connectivity index (χ0n) is 28.0. The maximum Gasteiger partial charge on any atom is 0.313 e. The number of carbonyl (C=O) groups is 4. The second kappa shape index (κ2) is 15.8. The van der Waals surface area contributed by atoms with Gasteiger partial charge in [0.15, 0.2) is 0 Å². The highest BCUT2D eigenvalue weighted by Crippen LogP contribution is 2.59. The van der Waals surface area contributed by atoms with E-state index in [-0.39, 0.29) is 38.6 Å². The molecule has 2 aromatic carbocycles. The van der Waals surface area contributed by atoms with Crippen molar-refractivity contribution in [2.75, 3.05) is 45.4 Å². The molecule has 3 aliphatic heterocycles. The lowest BCUT2D eigenvalue weighted by molar-refractivity contribution is -0.163. The number of carbonyl (C=O) groups excluding carboxylic acids is 4. The van der Waals surface area contributed by atoms with E-state index in [0.717, 1.165) is 0 Å². The molecule has 3 aliphatic rings. The topological polar surface area (TPSA) is 144 Å². The van der Waals surface area contributed by atoms with Crippen LogP contribution in [0.3, 0.4) is 0 Å². The summed E-state index contributed by atoms with van der Waals surface area (Å²) in [6.45, 7) is 7.20. The quantitative estimate of drug-likeness (QED) is 0.191. The summed E-state index contributed by atoms with van der Waals surface area (Å²) in [5.74, 6) is -3.20. The van der Waals surface area contributed by atoms with Crippen molar-refractivity contribution in [3.8, 4) is 5.75 Å². The lowest BCUT2D eigenvalue weighted by Crippen LogP contribution is -2.56. The Morgan fingerprint density at radius 1 is 1.12 bits per heavy atom. The number of nitrogens with one attached hydrogen (secondary N) is 1. The van der Waals surface area contributed by atoms with E-state index >= 15 is 0 Å². The van der Waals surface area contributed by atoms with Crippen LogP contribution in [0.15, 0.2) is 79.9 Å². The van der Waals surface area contributed by atoms with Crippen molar-refractivity contribution in [1.82, 2.24) is 10.2 Å². The van der Waals surface area contributed by atoms with Crippen molar-refractivity contribution in [2.24, 2.45) is 11.8 Å². The molecule has 12 heteroatoms. The van der Waals surface area contributed by atoms with Crippen LogP contribution in [0.2, 0.25) is 0 Å². The summed E-state index contributed by atoms with van der Waals surface area (Å²) >= 11 is 0. The third kappa shape index (κ3) is 6.99. The lowest BCUT2D eigenvalue weighted by atomic mass is 9.70. The number of likely N-dealkylation sites (tertiary alicyclic amines) is 1. The maximum absolute atomic E-state index is 14.5. The smallest absolute Gasteiger partial charge is 0.313 e. The van der Waals surface area contributed by atoms with Gasteiger partial charge in [-0.05, 0) is 49.1 Å². The first-order valence-electron chi connectivity index (χ1n) is 16.5. The van der Waals surface area contributed by atoms with Gasteiger partial charge in [-0.25, -0.2) is 0 Å². The van der Waals surface area contributed by atoms with Crippen molar-refractivity contribution >= 4 is 29.4 Å². The molecule has 3 heterocycles. The zero-order chi connectivity index (χ0) is 35.1. The number of rotatable bonds is 17. The highest BCUT2D eigenvalue weighted by atomic mass is 16.6. The van der Waals surface area contributed by atoms with Gasteiger partial charge >= 0.3 is 5.97 Å². The van der Waals surface area contributed by atoms with Gasteiger partial charge in [0.1, 0.15) is 23.5 Å². The Hall–Kier alpha value is -4.52. The Morgan fingerprint density at radius 2 is 1.86 bits per heavy atom. The minimum Gasteiger partial charge on any atom is -0.497 e. The number of hydrogen-bond donors (Lipinski definition) is 2. The largest absolute Gasteiger partial charge is 0.497 e. The SMILES string of the molecule is C=CCCC(=O)N[C@H](COC)[C@H](OC(=O)[C@@H]1[C@H]2C(=O)N(CCO)[C@H](C(=O)N(CC=C)c3ccc(OC)cc3)[C@]23CC[C@H]1O3)c1ccccc1. The number of anilines is 1. The van der Waals surface area contributed by atoms with E-state index in [1.54, 1.807) is 67.8 Å². The number of esters is 1. The van der Waals surface area contributed by atoms with Gasteiger partial charge in [0.25, 0.3) is 5.91 Å². The Balaban J connectivity index is 1.47. The minimum atomic E-state index is -1.31. The molecule has 0 aromatic heterocycles. The van der Waals surface area contributed by atoms with Crippen LogP contribution in [-0.2, 0) is 33.4 Å². The molecule has 0 aliphatic carbocycles. The molecule has 2 N–H and O–H groups in total. The fourth-order valence-electron chi connectivity index (χ4n) is 7.54. The van der Waals surface area contributed by atoms with Gasteiger partial charge < -0.3 is 39.2 Å². The van der Waals surface area contributed by atoms with Gasteiger partial charge in [-0.1, -0.05) is 42.5 Å². The molecule has 3 saturated heterocycles. The second-order valence-electron chi connectivity index (χ2n) is 12.5. The Labute approximate surface area is 286 Å². The summed E-state index contributed by atoms with van der Waals surface area (Å²) in [4.78, 5) is 58.8. The molecule has 12 nitrogen and oxygen atoms in total. The number of allylic oxidation sites excluding steroid dienone is 1. The van der Waals surface area contributed by atoms with E-state index in [9.17, 15) is 24.3 Å². The average molecular weight is 676 g/mol. The fraction of sp³-hybridized carbons (Fsp3) is 0.459. The molecule has 3 fully saturated rings. The molecule has 2 aromatic rings. The molecule has 3 amide bonds. The third-order valence-electron chi connectivity index (χ3n) is 9.61. The number of ether oxygens (including phenoxy) is 4. The normalized spacial score (nSPS) is 24.9. The Bertz CT molecular complexity index is 1520. The number of hydrogen-bond acceptors (Lipinski definition) is 9. The molecule has 1 spiro atoms. The Kier molecular flexibility index (Phi) is 11.5. The van der Waals surface area contributed by atoms with E-state index in [0.29, 0.717) is 36.3 Å². The predicted octanol–water partition coefficient (Wildman–Crippen LogP) is 2.96. The number of methoxy groups -OCH3 is 2. The third-order valence-corrected chi connectivity index (χ3v) is 9.61. The molecule has 0 saturated carbocycles. The highest BCUT2D eigenvalue weighted by Gasteiger charge is 2.75. The van der Waals surface area contributed by atoms with Crippen molar-refractivity contribution < 1.29 is 43.2 Å². The molecule has 7 atom stereocenters. The van der Waals surface area contributed by atoms with Crippen molar-refractivity contribution in [1.29, 1.82) is 0 Å². The van der Waals surface area contributed by atoms with Crippen LogP contribution in [-0.4, -0.2) is 98.0 Å². The van der Waals surface area contributed by atoms with Crippen LogP contribution >= 0.6 is 0 Å². The molecule has 2 bridgehead atoms. The summed E-state index contributed by atoms with van der Waals surface area (Å²) in [7, 11) is 3.04. The molecule has 49 heavy (non-hydrogen) atoms. The lowest BCUT2D eigenvalue weighted by Gasteiger charge is -2.36. The number of amides is 3. The number of β-amino-alcohol motifs (C(OH)–C–C–N with tert-alkyl or cyclic N) is 1. The number of fused-ring (bicyclic) bond motifs is 1. The predicted molar refractivity (Wildman–Crippen MR) is 180 cm³/mol. The summed E-state index contributed by atoms with van der Waals surface area (Å²) in [5.41, 5.74) is -0.111. The summed E-state index contributed by atoms with van der Waals surface area (Å²) < 4.78 is 23.5. The standard InChI is InChI=1S/C37H45N3O9/c1-5-7-13-29(42)38-27(23-46-3)32(24-11-9-8-10-12-24)48-36(45)30-28-18-19-37(49-28)31(30)34(43)40(21-22-41)33(37)35(44)39(20-6-2)25-14-16-26(47-4)17-15-25/h5-6,8-12,14-17,27-28,30-33,41H,1-2,7,13,18-23H2,3-4H3,(H,38,42)/t27-,28-,30+,31+,32-,33-,37+/m1/s1. The summed E-state index contributed by atoms with van der Waals surface area (Å²) in [5, 5.41) is 13.0. The van der Waals surface area contributed by atoms with Crippen molar-refractivity contribution in [2.45, 2.75) is 55.6 Å². The molecular formula is C37H45N3O9. The van der Waals surface area contributed by atoms with Gasteiger partial charge in [-0.2, -0.15) is 0 Å². The first-order valence-corrected chi connectivity index (χ1v) is 16.5. The van der Waals surface area contributed by atoms with Crippen LogP contribution in [0.5, 0.6) is 5.75 Å². The minimum absolute atomic E-state index is 0.0505. The molecule has 0 unspecified atom stereocenters. The Morgan fingerprint density at radius 3 is 2.49 bits per heavy atom. The van der Waals surface area contributed by atoms with Gasteiger partial charge in [0, 0.05) is 32.3 Å². The number of aliphatic hydroxyl groups excluding tert-OH is 1. The van der Waals surface area contributed by atoms with Crippen molar-refractivity contribution in [3.05, 3.63) is 85.5 Å². The molecule has 5 rings (SSSR count). The number of nitrogens with zero attached hydrogens (tertiary/aromatic N) is 2. The maximum atomic E-state index is 14.5. The average Bonchev–Trinajstić information content (AvgIpc) is 3.76. The second-order valence-corrected chi connectivity index (χ2v) is 12.5. The van der Waals surface area contributed by atoms with Gasteiger partial charge in [-0.15, -0.1) is 13.2 Å². The molecule has 262 valence electrons. The summed E-state index contributed by atoms with van der Waals surface area (Å²) in [6, 6.07) is 14.1. The first kappa shape index (κ1) is 35.8. The van der Waals surface area contributed by atoms with Crippen LogP contribution in [0.4, 0.5) is 5.69 Å². The zero-order valence-corrected chi connectivity index (χ0v) is 28.0. The summed E-state index contributed by atoms with van der Waals surface area (Å²) in [6.07, 6.45) is 3.10. The van der Waals surface area contributed by atoms with Crippen LogP contribution < -0.4 is 15.0 Å². The van der Waals surface area contributed by atoms with E-state index < -0.39 is 59.5 Å². The number of aliphatic hydroxyl groups is 1. The van der Waals surface area contributed by atoms with E-state index in [1.165, 1.54) is 16.9 Å². The van der Waals surface area contributed by atoms with E-state index in [4.69, 9.17) is 18.9 Å². The molecular weight excluding hydrogens is 630 g/mol. The monoisotopic (exact) mass is 675 g/mol. The van der Waals surface area contributed by atoms with Gasteiger partial charge in [0.05, 0.1) is 44.3 Å². The molecule has 0 radical (unpaired) electrons.